The number of aromatic nitrogens is 2. The molecule has 0 fully saturated rings. The van der Waals surface area contributed by atoms with Crippen LogP contribution in [-0.4, -0.2) is 22.4 Å². The molecule has 5 heteroatoms. The maximum atomic E-state index is 11.4. The van der Waals surface area contributed by atoms with Crippen molar-refractivity contribution in [3.8, 4) is 10.6 Å². The van der Waals surface area contributed by atoms with Crippen LogP contribution < -0.4 is 5.32 Å². The smallest absolute Gasteiger partial charge is 0.219 e. The topological polar surface area (TPSA) is 57.8 Å². The number of amides is 1. The molecule has 0 radical (unpaired) electrons. The van der Waals surface area contributed by atoms with Gasteiger partial charge in [0.15, 0.2) is 0 Å². The molecule has 0 atom stereocenters. The summed E-state index contributed by atoms with van der Waals surface area (Å²) in [5.74, 6) is 0.120. The van der Waals surface area contributed by atoms with Gasteiger partial charge in [-0.2, -0.15) is 0 Å². The molecule has 2 aromatic heterocycles. The monoisotopic (exact) mass is 263 g/mol. The standard InChI is InChI=1S/C13H17N3OS/c1-2-4-12(17)14-7-6-10-13(16-9-15-10)11-5-3-8-18-11/h3,5,8-9H,2,4,6-7H2,1H3,(H,14,17)(H,15,16). The number of imidazole rings is 1. The molecule has 0 aliphatic carbocycles. The molecule has 18 heavy (non-hydrogen) atoms. The third-order valence-corrected chi connectivity index (χ3v) is 3.52. The highest BCUT2D eigenvalue weighted by molar-refractivity contribution is 7.13. The summed E-state index contributed by atoms with van der Waals surface area (Å²) in [4.78, 5) is 20.0. The molecule has 0 aliphatic heterocycles. The Kier molecular flexibility index (Phi) is 4.52. The fraction of sp³-hybridized carbons (Fsp3) is 0.385. The number of carbonyl (C=O) groups excluding carboxylic acids is 1. The van der Waals surface area contributed by atoms with Crippen molar-refractivity contribution in [2.45, 2.75) is 26.2 Å². The third-order valence-electron chi connectivity index (χ3n) is 2.65. The van der Waals surface area contributed by atoms with Crippen LogP contribution in [0, 0.1) is 0 Å². The average Bonchev–Trinajstić information content (AvgIpc) is 2.98. The van der Waals surface area contributed by atoms with E-state index in [1.807, 2.05) is 18.4 Å². The number of nitrogens with zero attached hydrogens (tertiary/aromatic N) is 1. The second-order valence-corrected chi connectivity index (χ2v) is 5.00. The van der Waals surface area contributed by atoms with Crippen LogP contribution >= 0.6 is 11.3 Å². The van der Waals surface area contributed by atoms with Gasteiger partial charge >= 0.3 is 0 Å². The molecule has 96 valence electrons. The van der Waals surface area contributed by atoms with Gasteiger partial charge in [-0.1, -0.05) is 13.0 Å². The van der Waals surface area contributed by atoms with E-state index in [1.165, 1.54) is 0 Å². The van der Waals surface area contributed by atoms with Crippen LogP contribution in [0.4, 0.5) is 0 Å². The van der Waals surface area contributed by atoms with E-state index in [1.54, 1.807) is 17.7 Å². The van der Waals surface area contributed by atoms with Gasteiger partial charge in [0, 0.05) is 25.1 Å². The van der Waals surface area contributed by atoms with Crippen LogP contribution in [0.2, 0.25) is 0 Å². The van der Waals surface area contributed by atoms with E-state index < -0.39 is 0 Å². The van der Waals surface area contributed by atoms with E-state index >= 15 is 0 Å². The molecule has 2 aromatic rings. The maximum absolute atomic E-state index is 11.4. The van der Waals surface area contributed by atoms with Gasteiger partial charge in [0.1, 0.15) is 5.69 Å². The zero-order valence-electron chi connectivity index (χ0n) is 10.4. The predicted molar refractivity (Wildman–Crippen MR) is 73.5 cm³/mol. The minimum atomic E-state index is 0.120. The molecule has 2 rings (SSSR count). The largest absolute Gasteiger partial charge is 0.356 e. The van der Waals surface area contributed by atoms with Gasteiger partial charge < -0.3 is 10.3 Å². The summed E-state index contributed by atoms with van der Waals surface area (Å²) in [5, 5.41) is 4.95. The highest BCUT2D eigenvalue weighted by Crippen LogP contribution is 2.25. The quantitative estimate of drug-likeness (QED) is 0.841. The SMILES string of the molecule is CCCC(=O)NCCc1[nH]cnc1-c1cccs1. The molecule has 4 nitrogen and oxygen atoms in total. The van der Waals surface area contributed by atoms with Crippen LogP contribution in [0.25, 0.3) is 10.6 Å². The number of nitrogens with one attached hydrogen (secondary N) is 2. The lowest BCUT2D eigenvalue weighted by molar-refractivity contribution is -0.121. The number of H-pyrrole nitrogens is 1. The van der Waals surface area contributed by atoms with Gasteiger partial charge in [-0.3, -0.25) is 4.79 Å². The minimum Gasteiger partial charge on any atom is -0.356 e. The zero-order chi connectivity index (χ0) is 12.8. The molecule has 2 N–H and O–H groups in total. The fourth-order valence-corrected chi connectivity index (χ4v) is 2.53. The maximum Gasteiger partial charge on any atom is 0.219 e. The number of thiophene rings is 1. The van der Waals surface area contributed by atoms with Gasteiger partial charge in [0.2, 0.25) is 5.91 Å². The van der Waals surface area contributed by atoms with E-state index in [2.05, 4.69) is 21.4 Å². The van der Waals surface area contributed by atoms with Gasteiger partial charge in [0.05, 0.1) is 11.2 Å². The normalized spacial score (nSPS) is 10.5. The van der Waals surface area contributed by atoms with Crippen molar-refractivity contribution < 1.29 is 4.79 Å². The van der Waals surface area contributed by atoms with Gasteiger partial charge in [-0.25, -0.2) is 4.98 Å². The van der Waals surface area contributed by atoms with Crippen LogP contribution in [0.1, 0.15) is 25.5 Å². The highest BCUT2D eigenvalue weighted by atomic mass is 32.1. The summed E-state index contributed by atoms with van der Waals surface area (Å²) in [7, 11) is 0. The molecule has 0 unspecified atom stereocenters. The van der Waals surface area contributed by atoms with Crippen molar-refractivity contribution in [3.63, 3.8) is 0 Å². The molecule has 0 aromatic carbocycles. The van der Waals surface area contributed by atoms with Crippen molar-refractivity contribution in [3.05, 3.63) is 29.5 Å². The van der Waals surface area contributed by atoms with E-state index in [0.29, 0.717) is 13.0 Å². The first-order valence-corrected chi connectivity index (χ1v) is 7.02. The van der Waals surface area contributed by atoms with E-state index in [9.17, 15) is 4.79 Å². The Morgan fingerprint density at radius 1 is 1.56 bits per heavy atom. The van der Waals surface area contributed by atoms with Crippen molar-refractivity contribution in [2.24, 2.45) is 0 Å². The number of hydrogen-bond acceptors (Lipinski definition) is 3. The van der Waals surface area contributed by atoms with E-state index in [4.69, 9.17) is 0 Å². The lowest BCUT2D eigenvalue weighted by atomic mass is 10.2. The lowest BCUT2D eigenvalue weighted by Gasteiger charge is -2.04. The van der Waals surface area contributed by atoms with E-state index in [0.717, 1.165) is 29.1 Å². The predicted octanol–water partition coefficient (Wildman–Crippen LogP) is 2.60. The Hall–Kier alpha value is -1.62. The van der Waals surface area contributed by atoms with Crippen molar-refractivity contribution >= 4 is 17.2 Å². The average molecular weight is 263 g/mol. The Labute approximate surface area is 110 Å². The first-order chi connectivity index (χ1) is 8.81. The second-order valence-electron chi connectivity index (χ2n) is 4.06. The number of carbonyl (C=O) groups is 1. The molecule has 0 saturated carbocycles. The summed E-state index contributed by atoms with van der Waals surface area (Å²) in [5.41, 5.74) is 2.07. The molecule has 1 amide bonds. The Morgan fingerprint density at radius 3 is 3.17 bits per heavy atom. The minimum absolute atomic E-state index is 0.120. The number of hydrogen-bond donors (Lipinski definition) is 2. The van der Waals surface area contributed by atoms with Crippen LogP contribution in [0.5, 0.6) is 0 Å². The number of rotatable bonds is 6. The van der Waals surface area contributed by atoms with Gasteiger partial charge in [0.25, 0.3) is 0 Å². The van der Waals surface area contributed by atoms with Crippen LogP contribution in [-0.2, 0) is 11.2 Å². The Morgan fingerprint density at radius 2 is 2.44 bits per heavy atom. The van der Waals surface area contributed by atoms with Gasteiger partial charge in [-0.05, 0) is 17.9 Å². The number of aromatic amines is 1. The Balaban J connectivity index is 1.91. The van der Waals surface area contributed by atoms with Crippen molar-refractivity contribution in [1.29, 1.82) is 0 Å². The first-order valence-electron chi connectivity index (χ1n) is 6.14. The summed E-state index contributed by atoms with van der Waals surface area (Å²) in [6, 6.07) is 4.07. The summed E-state index contributed by atoms with van der Waals surface area (Å²) < 4.78 is 0. The van der Waals surface area contributed by atoms with E-state index in [-0.39, 0.29) is 5.91 Å². The molecule has 0 spiro atoms. The van der Waals surface area contributed by atoms with Crippen LogP contribution in [0.3, 0.4) is 0 Å². The molecular formula is C13H17N3OS. The summed E-state index contributed by atoms with van der Waals surface area (Å²) >= 11 is 1.67. The lowest BCUT2D eigenvalue weighted by Crippen LogP contribution is -2.25. The van der Waals surface area contributed by atoms with Crippen LogP contribution in [0.15, 0.2) is 23.8 Å². The summed E-state index contributed by atoms with van der Waals surface area (Å²) in [6.45, 7) is 2.66. The van der Waals surface area contributed by atoms with Crippen molar-refractivity contribution in [2.75, 3.05) is 6.54 Å². The molecule has 0 bridgehead atoms. The molecule has 0 saturated heterocycles. The Bertz CT molecular complexity index is 490. The first kappa shape index (κ1) is 12.8. The summed E-state index contributed by atoms with van der Waals surface area (Å²) in [6.07, 6.45) is 3.97. The zero-order valence-corrected chi connectivity index (χ0v) is 11.2. The van der Waals surface area contributed by atoms with Crippen molar-refractivity contribution in [1.82, 2.24) is 15.3 Å². The fourth-order valence-electron chi connectivity index (χ4n) is 1.78. The second kappa shape index (κ2) is 6.35. The van der Waals surface area contributed by atoms with Gasteiger partial charge in [-0.15, -0.1) is 11.3 Å². The highest BCUT2D eigenvalue weighted by Gasteiger charge is 2.09. The third kappa shape index (κ3) is 3.20. The molecule has 0 aliphatic rings. The molecule has 2 heterocycles. The molecular weight excluding hydrogens is 246 g/mol.